The van der Waals surface area contributed by atoms with Crippen LogP contribution in [0.15, 0.2) is 91.0 Å². The summed E-state index contributed by atoms with van der Waals surface area (Å²) < 4.78 is 6.31. The Labute approximate surface area is 216 Å². The number of hydrogen-bond acceptors (Lipinski definition) is 5. The van der Waals surface area contributed by atoms with Crippen molar-refractivity contribution >= 4 is 51.4 Å². The Morgan fingerprint density at radius 3 is 2.03 bits per heavy atom. The molecule has 0 aromatic heterocycles. The van der Waals surface area contributed by atoms with Gasteiger partial charge in [-0.05, 0) is 29.1 Å². The van der Waals surface area contributed by atoms with Gasteiger partial charge in [0, 0.05) is 21.5 Å². The fourth-order valence-electron chi connectivity index (χ4n) is 6.11. The number of fused-ring (bicyclic) bond motifs is 4. The van der Waals surface area contributed by atoms with Gasteiger partial charge in [-0.25, -0.2) is 4.90 Å². The number of carbonyl (C=O) groups is 4. The smallest absolute Gasteiger partial charge is 0.241 e. The van der Waals surface area contributed by atoms with Gasteiger partial charge in [0.2, 0.25) is 29.0 Å². The summed E-state index contributed by atoms with van der Waals surface area (Å²) in [5.74, 6) is -4.64. The van der Waals surface area contributed by atoms with Crippen LogP contribution in [-0.2, 0) is 14.3 Å². The first-order valence-corrected chi connectivity index (χ1v) is 12.3. The Morgan fingerprint density at radius 2 is 1.32 bits per heavy atom. The van der Waals surface area contributed by atoms with E-state index in [2.05, 4.69) is 0 Å². The van der Waals surface area contributed by atoms with Crippen LogP contribution in [0, 0.1) is 11.8 Å². The molecule has 0 unspecified atom stereocenters. The molecule has 0 N–H and O–H groups in total. The molecule has 2 aliphatic heterocycles. The maximum Gasteiger partial charge on any atom is 0.241 e. The quantitative estimate of drug-likeness (QED) is 0.275. The molecule has 4 aromatic carbocycles. The van der Waals surface area contributed by atoms with Crippen LogP contribution in [0.3, 0.4) is 0 Å². The lowest BCUT2D eigenvalue weighted by Gasteiger charge is -2.27. The van der Waals surface area contributed by atoms with Crippen LogP contribution < -0.4 is 4.90 Å². The van der Waals surface area contributed by atoms with Crippen LogP contribution in [-0.4, -0.2) is 29.0 Å². The largest absolute Gasteiger partial charge is 0.349 e. The lowest BCUT2D eigenvalue weighted by atomic mass is 9.77. The van der Waals surface area contributed by atoms with Crippen LogP contribution >= 0.6 is 11.6 Å². The zero-order chi connectivity index (χ0) is 25.5. The van der Waals surface area contributed by atoms with E-state index >= 15 is 0 Å². The average Bonchev–Trinajstić information content (AvgIpc) is 3.49. The number of imide groups is 1. The van der Waals surface area contributed by atoms with Crippen molar-refractivity contribution in [2.75, 3.05) is 4.90 Å². The zero-order valence-corrected chi connectivity index (χ0v) is 20.0. The second kappa shape index (κ2) is 7.68. The summed E-state index contributed by atoms with van der Waals surface area (Å²) in [7, 11) is 0. The highest BCUT2D eigenvalue weighted by atomic mass is 35.5. The van der Waals surface area contributed by atoms with Gasteiger partial charge >= 0.3 is 0 Å². The number of benzene rings is 4. The molecule has 3 aliphatic rings. The number of anilines is 1. The highest BCUT2D eigenvalue weighted by Gasteiger charge is 2.74. The highest BCUT2D eigenvalue weighted by Crippen LogP contribution is 2.58. The van der Waals surface area contributed by atoms with Crippen LogP contribution in [0.25, 0.3) is 10.8 Å². The lowest BCUT2D eigenvalue weighted by Crippen LogP contribution is -2.51. The van der Waals surface area contributed by atoms with Crippen molar-refractivity contribution in [2.24, 2.45) is 11.8 Å². The van der Waals surface area contributed by atoms with Gasteiger partial charge in [-0.1, -0.05) is 84.4 Å². The minimum Gasteiger partial charge on any atom is -0.349 e. The molecule has 7 heteroatoms. The monoisotopic (exact) mass is 507 g/mol. The number of ether oxygens (including phenoxy) is 1. The molecular weight excluding hydrogens is 490 g/mol. The fraction of sp³-hybridized carbons (Fsp3) is 0.133. The second-order valence-corrected chi connectivity index (χ2v) is 9.98. The number of ketones is 2. The van der Waals surface area contributed by atoms with E-state index in [1.165, 1.54) is 0 Å². The molecule has 2 saturated heterocycles. The molecule has 6 nitrogen and oxygen atoms in total. The third-order valence-corrected chi connectivity index (χ3v) is 7.98. The number of amides is 2. The molecule has 2 amide bonds. The van der Waals surface area contributed by atoms with Crippen molar-refractivity contribution in [2.45, 2.75) is 11.7 Å². The van der Waals surface area contributed by atoms with Crippen LogP contribution in [0.1, 0.15) is 32.4 Å². The first kappa shape index (κ1) is 22.1. The Hall–Kier alpha value is -4.13. The molecule has 0 bridgehead atoms. The van der Waals surface area contributed by atoms with Crippen molar-refractivity contribution in [3.63, 3.8) is 0 Å². The van der Waals surface area contributed by atoms with Gasteiger partial charge in [0.15, 0.2) is 0 Å². The highest BCUT2D eigenvalue weighted by molar-refractivity contribution is 6.37. The number of hydrogen-bond donors (Lipinski definition) is 0. The molecule has 2 heterocycles. The lowest BCUT2D eigenvalue weighted by molar-refractivity contribution is -0.127. The molecule has 0 saturated carbocycles. The summed E-state index contributed by atoms with van der Waals surface area (Å²) in [5.41, 5.74) is -0.722. The molecule has 1 spiro atoms. The number of halogens is 1. The van der Waals surface area contributed by atoms with E-state index in [9.17, 15) is 19.2 Å². The SMILES string of the molecule is O=C1[C@@H]2[C@@H](C(=O)N1c1cccc3ccccc13)C1(O[C@H]2c2ccc(Cl)cc2)C(=O)c2ccccc2C1=O. The normalized spacial score (nSPS) is 23.8. The molecule has 37 heavy (non-hydrogen) atoms. The van der Waals surface area contributed by atoms with E-state index in [1.54, 1.807) is 60.7 Å². The third-order valence-electron chi connectivity index (χ3n) is 7.73. The van der Waals surface area contributed by atoms with Crippen LogP contribution in [0.2, 0.25) is 5.02 Å². The van der Waals surface area contributed by atoms with Crippen molar-refractivity contribution in [3.8, 4) is 0 Å². The van der Waals surface area contributed by atoms with Crippen LogP contribution in [0.4, 0.5) is 5.69 Å². The molecule has 7 rings (SSSR count). The van der Waals surface area contributed by atoms with Gasteiger partial charge in [0.05, 0.1) is 23.6 Å². The zero-order valence-electron chi connectivity index (χ0n) is 19.3. The first-order valence-electron chi connectivity index (χ1n) is 11.9. The van der Waals surface area contributed by atoms with Gasteiger partial charge < -0.3 is 4.74 Å². The first-order chi connectivity index (χ1) is 17.9. The number of rotatable bonds is 2. The van der Waals surface area contributed by atoms with E-state index in [0.717, 1.165) is 15.7 Å². The predicted molar refractivity (Wildman–Crippen MR) is 137 cm³/mol. The molecule has 2 fully saturated rings. The number of carbonyl (C=O) groups excluding carboxylic acids is 4. The molecule has 3 atom stereocenters. The topological polar surface area (TPSA) is 80.8 Å². The summed E-state index contributed by atoms with van der Waals surface area (Å²) in [6.45, 7) is 0. The summed E-state index contributed by atoms with van der Waals surface area (Å²) in [6, 6.07) is 25.9. The van der Waals surface area contributed by atoms with Crippen molar-refractivity contribution < 1.29 is 23.9 Å². The van der Waals surface area contributed by atoms with Crippen molar-refractivity contribution in [1.29, 1.82) is 0 Å². The van der Waals surface area contributed by atoms with E-state index in [0.29, 0.717) is 16.3 Å². The standard InChI is InChI=1S/C30H18ClNO5/c31-18-14-12-17(13-15-18)25-23-24(30(37-25)26(33)20-9-3-4-10-21(20)27(30)34)29(36)32(28(23)35)22-11-5-7-16-6-1-2-8-19(16)22/h1-15,23-25H/t23-,24+,25+/m1/s1. The maximum absolute atomic E-state index is 14.2. The fourth-order valence-corrected chi connectivity index (χ4v) is 6.24. The Morgan fingerprint density at radius 1 is 0.703 bits per heavy atom. The molecule has 180 valence electrons. The van der Waals surface area contributed by atoms with E-state index in [1.807, 2.05) is 30.3 Å². The Kier molecular flexibility index (Phi) is 4.59. The minimum absolute atomic E-state index is 0.201. The summed E-state index contributed by atoms with van der Waals surface area (Å²) in [4.78, 5) is 57.1. The van der Waals surface area contributed by atoms with Crippen LogP contribution in [0.5, 0.6) is 0 Å². The van der Waals surface area contributed by atoms with Gasteiger partial charge in [-0.3, -0.25) is 19.2 Å². The molecule has 0 radical (unpaired) electrons. The van der Waals surface area contributed by atoms with Gasteiger partial charge in [-0.2, -0.15) is 0 Å². The van der Waals surface area contributed by atoms with Crippen molar-refractivity contribution in [1.82, 2.24) is 0 Å². The minimum atomic E-state index is -2.11. The van der Waals surface area contributed by atoms with Gasteiger partial charge in [0.1, 0.15) is 0 Å². The Bertz CT molecular complexity index is 1640. The van der Waals surface area contributed by atoms with E-state index < -0.39 is 46.9 Å². The summed E-state index contributed by atoms with van der Waals surface area (Å²) in [6.07, 6.45) is -0.985. The Balaban J connectivity index is 1.44. The number of Topliss-reactive ketones (excluding diaryl/α,β-unsaturated/α-hetero) is 2. The predicted octanol–water partition coefficient (Wildman–Crippen LogP) is 5.19. The molecule has 4 aromatic rings. The molecule has 1 aliphatic carbocycles. The van der Waals surface area contributed by atoms with Gasteiger partial charge in [-0.15, -0.1) is 0 Å². The van der Waals surface area contributed by atoms with E-state index in [4.69, 9.17) is 16.3 Å². The van der Waals surface area contributed by atoms with Crippen molar-refractivity contribution in [3.05, 3.63) is 113 Å². The van der Waals surface area contributed by atoms with E-state index in [-0.39, 0.29) is 11.1 Å². The summed E-state index contributed by atoms with van der Waals surface area (Å²) >= 11 is 6.09. The summed E-state index contributed by atoms with van der Waals surface area (Å²) in [5, 5.41) is 2.06. The third kappa shape index (κ3) is 2.79. The maximum atomic E-state index is 14.2. The van der Waals surface area contributed by atoms with Gasteiger partial charge in [0.25, 0.3) is 0 Å². The molecular formula is C30H18ClNO5. The second-order valence-electron chi connectivity index (χ2n) is 9.54. The number of nitrogens with zero attached hydrogens (tertiary/aromatic N) is 1. The average molecular weight is 508 g/mol.